The molecule has 10 heteroatoms. The minimum atomic E-state index is 0.253. The van der Waals surface area contributed by atoms with Crippen molar-refractivity contribution in [2.45, 2.75) is 45.1 Å². The smallest absolute Gasteiger partial charge is 0.227 e. The molecule has 1 fully saturated rings. The topological polar surface area (TPSA) is 99.7 Å². The van der Waals surface area contributed by atoms with Gasteiger partial charge in [-0.15, -0.1) is 0 Å². The van der Waals surface area contributed by atoms with Crippen LogP contribution in [-0.4, -0.2) is 55.5 Å². The predicted octanol–water partition coefficient (Wildman–Crippen LogP) is 5.47. The van der Waals surface area contributed by atoms with Crippen LogP contribution in [-0.2, 0) is 4.74 Å². The first-order valence-corrected chi connectivity index (χ1v) is 12.6. The summed E-state index contributed by atoms with van der Waals surface area (Å²) < 4.78 is 22.1. The molecule has 2 aromatic heterocycles. The maximum atomic E-state index is 5.74. The number of aromatic nitrogens is 3. The van der Waals surface area contributed by atoms with E-state index in [1.807, 2.05) is 18.2 Å². The van der Waals surface area contributed by atoms with E-state index in [4.69, 9.17) is 28.9 Å². The van der Waals surface area contributed by atoms with E-state index in [1.54, 1.807) is 38.9 Å². The Hall–Kier alpha value is -3.11. The first-order valence-electron chi connectivity index (χ1n) is 11.8. The van der Waals surface area contributed by atoms with Crippen molar-refractivity contribution in [3.8, 4) is 27.8 Å². The Kier molecular flexibility index (Phi) is 8.25. The number of ether oxygens (including phenoxy) is 4. The fraction of sp³-hybridized carbons (Fsp3) is 0.480. The fourth-order valence-electron chi connectivity index (χ4n) is 3.95. The van der Waals surface area contributed by atoms with Crippen molar-refractivity contribution in [2.24, 2.45) is 0 Å². The highest BCUT2D eigenvalue weighted by Gasteiger charge is 2.21. The lowest BCUT2D eigenvalue weighted by Gasteiger charge is -2.15. The third-order valence-corrected chi connectivity index (χ3v) is 7.10. The Morgan fingerprint density at radius 3 is 2.54 bits per heavy atom. The predicted molar refractivity (Wildman–Crippen MR) is 139 cm³/mol. The van der Waals surface area contributed by atoms with Crippen LogP contribution >= 0.6 is 11.3 Å². The molecular formula is C25H33N5O4S. The summed E-state index contributed by atoms with van der Waals surface area (Å²) in [6, 6.07) is 5.56. The number of nitrogens with zero attached hydrogens (tertiary/aromatic N) is 3. The number of hydrogen-bond acceptors (Lipinski definition) is 10. The fourth-order valence-corrected chi connectivity index (χ4v) is 5.02. The highest BCUT2D eigenvalue weighted by molar-refractivity contribution is 7.19. The SMILES string of the molecule is CCC(C)c1nc(NCC2CCCO2)sc1-c1ccnc(Nc2cc(OC)c(OC)c(OC)c2)n1. The quantitative estimate of drug-likeness (QED) is 0.355. The molecule has 3 heterocycles. The maximum absolute atomic E-state index is 5.74. The van der Waals surface area contributed by atoms with E-state index in [0.29, 0.717) is 29.1 Å². The molecule has 35 heavy (non-hydrogen) atoms. The third-order valence-electron chi connectivity index (χ3n) is 6.05. The molecule has 4 rings (SSSR count). The molecule has 1 saturated heterocycles. The van der Waals surface area contributed by atoms with Crippen LogP contribution in [0.25, 0.3) is 10.6 Å². The number of rotatable bonds is 11. The zero-order chi connectivity index (χ0) is 24.8. The van der Waals surface area contributed by atoms with Crippen molar-refractivity contribution >= 4 is 28.1 Å². The molecule has 0 aliphatic carbocycles. The number of thiazole rings is 1. The van der Waals surface area contributed by atoms with E-state index in [9.17, 15) is 0 Å². The normalized spacial score (nSPS) is 16.1. The summed E-state index contributed by atoms with van der Waals surface area (Å²) in [5, 5.41) is 7.62. The van der Waals surface area contributed by atoms with Gasteiger partial charge in [0, 0.05) is 37.2 Å². The molecule has 0 bridgehead atoms. The van der Waals surface area contributed by atoms with Crippen LogP contribution in [0.4, 0.5) is 16.8 Å². The van der Waals surface area contributed by atoms with Gasteiger partial charge >= 0.3 is 0 Å². The van der Waals surface area contributed by atoms with Gasteiger partial charge in [-0.1, -0.05) is 25.2 Å². The van der Waals surface area contributed by atoms with Gasteiger partial charge in [0.2, 0.25) is 11.7 Å². The summed E-state index contributed by atoms with van der Waals surface area (Å²) in [6.45, 7) is 5.98. The second kappa shape index (κ2) is 11.5. The molecule has 0 saturated carbocycles. The molecule has 2 N–H and O–H groups in total. The van der Waals surface area contributed by atoms with Crippen molar-refractivity contribution in [3.05, 3.63) is 30.1 Å². The first-order chi connectivity index (χ1) is 17.1. The van der Waals surface area contributed by atoms with Crippen LogP contribution in [0.1, 0.15) is 44.7 Å². The molecule has 1 aliphatic heterocycles. The van der Waals surface area contributed by atoms with Gasteiger partial charge in [-0.2, -0.15) is 0 Å². The minimum Gasteiger partial charge on any atom is -0.493 e. The van der Waals surface area contributed by atoms with E-state index in [2.05, 4.69) is 29.5 Å². The van der Waals surface area contributed by atoms with Gasteiger partial charge in [0.15, 0.2) is 16.6 Å². The Bertz CT molecular complexity index is 1110. The van der Waals surface area contributed by atoms with Crippen LogP contribution < -0.4 is 24.8 Å². The Balaban J connectivity index is 1.60. The molecule has 9 nitrogen and oxygen atoms in total. The summed E-state index contributed by atoms with van der Waals surface area (Å²) in [7, 11) is 4.75. The number of nitrogens with one attached hydrogen (secondary N) is 2. The Morgan fingerprint density at radius 2 is 1.91 bits per heavy atom. The molecule has 1 aromatic carbocycles. The van der Waals surface area contributed by atoms with Crippen LogP contribution in [0, 0.1) is 0 Å². The van der Waals surface area contributed by atoms with Gasteiger partial charge in [-0.25, -0.2) is 15.0 Å². The van der Waals surface area contributed by atoms with Crippen molar-refractivity contribution in [1.82, 2.24) is 15.0 Å². The summed E-state index contributed by atoms with van der Waals surface area (Å²) in [6.07, 6.45) is 5.20. The zero-order valence-electron chi connectivity index (χ0n) is 20.9. The second-order valence-electron chi connectivity index (χ2n) is 8.36. The Morgan fingerprint density at radius 1 is 1.14 bits per heavy atom. The lowest BCUT2D eigenvalue weighted by Crippen LogP contribution is -2.18. The Labute approximate surface area is 210 Å². The van der Waals surface area contributed by atoms with E-state index in [1.165, 1.54) is 0 Å². The van der Waals surface area contributed by atoms with Crippen molar-refractivity contribution < 1.29 is 18.9 Å². The van der Waals surface area contributed by atoms with E-state index in [0.717, 1.165) is 59.5 Å². The maximum Gasteiger partial charge on any atom is 0.227 e. The summed E-state index contributed by atoms with van der Waals surface area (Å²) in [5.74, 6) is 2.40. The van der Waals surface area contributed by atoms with Gasteiger partial charge in [0.25, 0.3) is 0 Å². The minimum absolute atomic E-state index is 0.253. The molecule has 0 amide bonds. The van der Waals surface area contributed by atoms with Gasteiger partial charge in [-0.05, 0) is 31.2 Å². The number of methoxy groups -OCH3 is 3. The number of anilines is 3. The molecule has 0 radical (unpaired) electrons. The largest absolute Gasteiger partial charge is 0.493 e. The summed E-state index contributed by atoms with van der Waals surface area (Å²) >= 11 is 1.62. The van der Waals surface area contributed by atoms with Crippen molar-refractivity contribution in [2.75, 3.05) is 45.1 Å². The van der Waals surface area contributed by atoms with Crippen LogP contribution in [0.5, 0.6) is 17.2 Å². The number of hydrogen-bond donors (Lipinski definition) is 2. The van der Waals surface area contributed by atoms with Crippen molar-refractivity contribution in [3.63, 3.8) is 0 Å². The van der Waals surface area contributed by atoms with Gasteiger partial charge in [0.1, 0.15) is 0 Å². The summed E-state index contributed by atoms with van der Waals surface area (Å²) in [4.78, 5) is 15.2. The molecule has 1 aliphatic rings. The number of benzene rings is 1. The van der Waals surface area contributed by atoms with Crippen LogP contribution in [0.15, 0.2) is 24.4 Å². The second-order valence-corrected chi connectivity index (χ2v) is 9.36. The lowest BCUT2D eigenvalue weighted by atomic mass is 10.0. The van der Waals surface area contributed by atoms with Crippen LogP contribution in [0.3, 0.4) is 0 Å². The molecule has 2 unspecified atom stereocenters. The average Bonchev–Trinajstić information content (AvgIpc) is 3.56. The van der Waals surface area contributed by atoms with Crippen LogP contribution in [0.2, 0.25) is 0 Å². The molecular weight excluding hydrogens is 466 g/mol. The zero-order valence-corrected chi connectivity index (χ0v) is 21.7. The molecule has 188 valence electrons. The standard InChI is InChI=1S/C25H33N5O4S/c1-6-15(2)21-23(35-25(30-21)27-14-17-8-7-11-34-17)18-9-10-26-24(29-18)28-16-12-19(31-3)22(33-5)20(13-16)32-4/h9-10,12-13,15,17H,6-8,11,14H2,1-5H3,(H,27,30)(H,26,28,29). The molecule has 2 atom stereocenters. The van der Waals surface area contributed by atoms with Crippen molar-refractivity contribution in [1.29, 1.82) is 0 Å². The average molecular weight is 500 g/mol. The highest BCUT2D eigenvalue weighted by atomic mass is 32.1. The van der Waals surface area contributed by atoms with E-state index >= 15 is 0 Å². The first kappa shape index (κ1) is 25.0. The van der Waals surface area contributed by atoms with Gasteiger partial charge in [-0.3, -0.25) is 0 Å². The monoisotopic (exact) mass is 499 g/mol. The third kappa shape index (κ3) is 5.76. The van der Waals surface area contributed by atoms with Gasteiger partial charge < -0.3 is 29.6 Å². The summed E-state index contributed by atoms with van der Waals surface area (Å²) in [5.41, 5.74) is 2.60. The highest BCUT2D eigenvalue weighted by Crippen LogP contribution is 2.41. The van der Waals surface area contributed by atoms with Gasteiger partial charge in [0.05, 0.1) is 43.7 Å². The lowest BCUT2D eigenvalue weighted by molar-refractivity contribution is 0.120. The van der Waals surface area contributed by atoms with E-state index in [-0.39, 0.29) is 6.10 Å². The van der Waals surface area contributed by atoms with E-state index < -0.39 is 0 Å². The molecule has 3 aromatic rings. The molecule has 0 spiro atoms.